The number of carbonyl (C=O) groups excluding carboxylic acids is 3. The van der Waals surface area contributed by atoms with E-state index in [9.17, 15) is 14.4 Å². The first kappa shape index (κ1) is 23.1. The molecule has 1 atom stereocenters. The van der Waals surface area contributed by atoms with Gasteiger partial charge in [-0.1, -0.05) is 67.5 Å². The van der Waals surface area contributed by atoms with E-state index in [1.807, 2.05) is 29.7 Å². The number of imidazole rings is 1. The highest BCUT2D eigenvalue weighted by atomic mass is 35.5. The van der Waals surface area contributed by atoms with Gasteiger partial charge < -0.3 is 9.88 Å². The first-order valence-corrected chi connectivity index (χ1v) is 12.1. The molecular formula is C23H24ClN5O3S. The van der Waals surface area contributed by atoms with Crippen LogP contribution in [-0.4, -0.2) is 38.2 Å². The van der Waals surface area contributed by atoms with E-state index in [1.165, 1.54) is 11.8 Å². The van der Waals surface area contributed by atoms with E-state index < -0.39 is 23.4 Å². The summed E-state index contributed by atoms with van der Waals surface area (Å²) in [5, 5.41) is 4.79. The van der Waals surface area contributed by atoms with E-state index >= 15 is 0 Å². The summed E-state index contributed by atoms with van der Waals surface area (Å²) in [6.07, 6.45) is 1.25. The summed E-state index contributed by atoms with van der Waals surface area (Å²) in [5.74, 6) is -0.994. The van der Waals surface area contributed by atoms with Gasteiger partial charge >= 0.3 is 6.03 Å². The molecule has 0 radical (unpaired) electrons. The first-order chi connectivity index (χ1) is 15.9. The Morgan fingerprint density at radius 3 is 2.64 bits per heavy atom. The quantitative estimate of drug-likeness (QED) is 0.370. The van der Waals surface area contributed by atoms with E-state index in [2.05, 4.69) is 22.7 Å². The molecular weight excluding hydrogens is 462 g/mol. The van der Waals surface area contributed by atoms with E-state index in [4.69, 9.17) is 11.6 Å². The number of fused-ring (bicyclic) bond motifs is 1. The zero-order valence-corrected chi connectivity index (χ0v) is 19.9. The second-order valence-corrected chi connectivity index (χ2v) is 9.08. The van der Waals surface area contributed by atoms with E-state index in [1.54, 1.807) is 30.3 Å². The molecule has 3 aromatic rings. The minimum absolute atomic E-state index is 0.0116. The first-order valence-electron chi connectivity index (χ1n) is 10.7. The average Bonchev–Trinajstić information content (AvgIpc) is 3.28. The lowest BCUT2D eigenvalue weighted by Crippen LogP contribution is -2.49. The Morgan fingerprint density at radius 1 is 1.18 bits per heavy atom. The maximum absolute atomic E-state index is 13.2. The van der Waals surface area contributed by atoms with Crippen molar-refractivity contribution in [1.29, 1.82) is 0 Å². The van der Waals surface area contributed by atoms with Crippen molar-refractivity contribution in [2.45, 2.75) is 43.9 Å². The van der Waals surface area contributed by atoms with Crippen LogP contribution in [0.1, 0.15) is 32.3 Å². The molecule has 33 heavy (non-hydrogen) atoms. The monoisotopic (exact) mass is 485 g/mol. The van der Waals surface area contributed by atoms with Crippen molar-refractivity contribution in [2.24, 2.45) is 0 Å². The summed E-state index contributed by atoms with van der Waals surface area (Å²) in [7, 11) is 0. The molecule has 10 heteroatoms. The smallest absolute Gasteiger partial charge is 0.319 e. The molecule has 2 N–H and O–H groups in total. The number of hydrogen-bond acceptors (Lipinski definition) is 5. The molecule has 8 nitrogen and oxygen atoms in total. The third-order valence-corrected chi connectivity index (χ3v) is 6.79. The average molecular weight is 486 g/mol. The molecule has 172 valence electrons. The number of thioether (sulfide) groups is 1. The van der Waals surface area contributed by atoms with Crippen LogP contribution in [0, 0.1) is 0 Å². The third kappa shape index (κ3) is 4.30. The summed E-state index contributed by atoms with van der Waals surface area (Å²) in [4.78, 5) is 43.0. The van der Waals surface area contributed by atoms with Crippen molar-refractivity contribution in [2.75, 3.05) is 5.75 Å². The Morgan fingerprint density at radius 2 is 1.94 bits per heavy atom. The van der Waals surface area contributed by atoms with Gasteiger partial charge in [-0.3, -0.25) is 15.0 Å². The van der Waals surface area contributed by atoms with E-state index in [0.717, 1.165) is 29.0 Å². The van der Waals surface area contributed by atoms with Crippen LogP contribution in [0.4, 0.5) is 4.79 Å². The number of amides is 4. The SMILES string of the molecule is CCCn1c(SCC(=O)NN2C(=O)NC(CC)(c3ccccc3)C2=O)nc2cc(Cl)ccc21. The van der Waals surface area contributed by atoms with Gasteiger partial charge in [0.25, 0.3) is 5.91 Å². The predicted molar refractivity (Wildman–Crippen MR) is 128 cm³/mol. The van der Waals surface area contributed by atoms with Crippen LogP contribution in [-0.2, 0) is 21.7 Å². The summed E-state index contributed by atoms with van der Waals surface area (Å²) in [6, 6.07) is 13.9. The van der Waals surface area contributed by atoms with Crippen molar-refractivity contribution in [3.8, 4) is 0 Å². The number of carbonyl (C=O) groups is 3. The van der Waals surface area contributed by atoms with Crippen LogP contribution in [0.5, 0.6) is 0 Å². The molecule has 1 fully saturated rings. The van der Waals surface area contributed by atoms with Gasteiger partial charge in [0.05, 0.1) is 16.8 Å². The molecule has 0 saturated carbocycles. The second kappa shape index (κ2) is 9.44. The Hall–Kier alpha value is -3.04. The molecule has 1 unspecified atom stereocenters. The van der Waals surface area contributed by atoms with Crippen LogP contribution in [0.3, 0.4) is 0 Å². The van der Waals surface area contributed by atoms with Crippen LogP contribution < -0.4 is 10.7 Å². The molecule has 0 bridgehead atoms. The number of hydrazine groups is 1. The highest BCUT2D eigenvalue weighted by Gasteiger charge is 2.52. The van der Waals surface area contributed by atoms with Crippen LogP contribution in [0.25, 0.3) is 11.0 Å². The van der Waals surface area contributed by atoms with E-state index in [-0.39, 0.29) is 5.75 Å². The van der Waals surface area contributed by atoms with Crippen molar-refractivity contribution >= 4 is 52.2 Å². The van der Waals surface area contributed by atoms with Crippen molar-refractivity contribution in [3.63, 3.8) is 0 Å². The lowest BCUT2D eigenvalue weighted by Gasteiger charge is -2.25. The summed E-state index contributed by atoms with van der Waals surface area (Å²) >= 11 is 7.33. The maximum atomic E-state index is 13.2. The molecule has 0 aliphatic carbocycles. The Bertz CT molecular complexity index is 1220. The van der Waals surface area contributed by atoms with Gasteiger partial charge in [-0.15, -0.1) is 0 Å². The summed E-state index contributed by atoms with van der Waals surface area (Å²) < 4.78 is 2.04. The molecule has 1 aromatic heterocycles. The van der Waals surface area contributed by atoms with Gasteiger partial charge in [-0.05, 0) is 36.6 Å². The molecule has 4 rings (SSSR count). The third-order valence-electron chi connectivity index (χ3n) is 5.58. The maximum Gasteiger partial charge on any atom is 0.344 e. The number of urea groups is 1. The Kier molecular flexibility index (Phi) is 6.62. The molecule has 1 aliphatic heterocycles. The number of halogens is 1. The van der Waals surface area contributed by atoms with Crippen molar-refractivity contribution in [3.05, 3.63) is 59.1 Å². The number of imide groups is 1. The normalized spacial score (nSPS) is 18.1. The highest BCUT2D eigenvalue weighted by Crippen LogP contribution is 2.32. The van der Waals surface area contributed by atoms with Gasteiger partial charge in [0.2, 0.25) is 5.91 Å². The number of aryl methyl sites for hydroxylation is 1. The topological polar surface area (TPSA) is 96.3 Å². The van der Waals surface area contributed by atoms with Crippen LogP contribution in [0.15, 0.2) is 53.7 Å². The largest absolute Gasteiger partial charge is 0.344 e. The fourth-order valence-electron chi connectivity index (χ4n) is 3.96. The minimum atomic E-state index is -1.20. The highest BCUT2D eigenvalue weighted by molar-refractivity contribution is 7.99. The number of rotatable bonds is 8. The summed E-state index contributed by atoms with van der Waals surface area (Å²) in [5.41, 5.74) is 3.62. The number of benzene rings is 2. The van der Waals surface area contributed by atoms with Gasteiger partial charge in [0, 0.05) is 11.6 Å². The Labute approximate surface area is 200 Å². The molecule has 0 spiro atoms. The number of hydrogen-bond donors (Lipinski definition) is 2. The fourth-order valence-corrected chi connectivity index (χ4v) is 4.96. The zero-order valence-electron chi connectivity index (χ0n) is 18.3. The molecule has 1 aliphatic rings. The second-order valence-electron chi connectivity index (χ2n) is 7.70. The fraction of sp³-hybridized carbons (Fsp3) is 0.304. The molecule has 4 amide bonds. The lowest BCUT2D eigenvalue weighted by atomic mass is 9.87. The standard InChI is InChI=1S/C23H24ClN5O3S/c1-3-12-28-18-11-10-16(24)13-17(18)25-22(28)33-14-19(30)27-29-20(31)23(4-2,26-21(29)32)15-8-6-5-7-9-15/h5-11,13H,3-4,12,14H2,1-2H3,(H,26,32)(H,27,30). The van der Waals surface area contributed by atoms with Crippen LogP contribution in [0.2, 0.25) is 5.02 Å². The number of nitrogens with one attached hydrogen (secondary N) is 2. The van der Waals surface area contributed by atoms with Crippen LogP contribution >= 0.6 is 23.4 Å². The predicted octanol–water partition coefficient (Wildman–Crippen LogP) is 4.08. The van der Waals surface area contributed by atoms with Gasteiger partial charge in [-0.25, -0.2) is 9.78 Å². The van der Waals surface area contributed by atoms with Gasteiger partial charge in [0.15, 0.2) is 5.16 Å². The molecule has 2 aromatic carbocycles. The Balaban J connectivity index is 1.48. The molecule has 1 saturated heterocycles. The number of aromatic nitrogens is 2. The van der Waals surface area contributed by atoms with E-state index in [0.29, 0.717) is 22.2 Å². The van der Waals surface area contributed by atoms with Crippen molar-refractivity contribution in [1.82, 2.24) is 25.3 Å². The van der Waals surface area contributed by atoms with Gasteiger partial charge in [0.1, 0.15) is 5.54 Å². The molecule has 2 heterocycles. The zero-order chi connectivity index (χ0) is 23.6. The minimum Gasteiger partial charge on any atom is -0.319 e. The van der Waals surface area contributed by atoms with Gasteiger partial charge in [-0.2, -0.15) is 5.01 Å². The summed E-state index contributed by atoms with van der Waals surface area (Å²) in [6.45, 7) is 4.62. The van der Waals surface area contributed by atoms with Crippen molar-refractivity contribution < 1.29 is 14.4 Å². The lowest BCUT2D eigenvalue weighted by molar-refractivity contribution is -0.138. The number of nitrogens with zero attached hydrogens (tertiary/aromatic N) is 3.